The first-order chi connectivity index (χ1) is 6.65. The summed E-state index contributed by atoms with van der Waals surface area (Å²) < 4.78 is 0. The lowest BCUT2D eigenvalue weighted by atomic mass is 9.89. The van der Waals surface area contributed by atoms with E-state index in [4.69, 9.17) is 5.11 Å². The molecule has 1 aliphatic carbocycles. The van der Waals surface area contributed by atoms with E-state index in [0.29, 0.717) is 12.3 Å². The van der Waals surface area contributed by atoms with Crippen molar-refractivity contribution in [3.05, 3.63) is 15.6 Å². The average molecular weight is 211 g/mol. The molecular weight excluding hydrogens is 198 g/mol. The van der Waals surface area contributed by atoms with E-state index < -0.39 is 5.97 Å². The average Bonchev–Trinajstić information content (AvgIpc) is 2.42. The van der Waals surface area contributed by atoms with Gasteiger partial charge in [0.2, 0.25) is 0 Å². The molecule has 0 fully saturated rings. The summed E-state index contributed by atoms with van der Waals surface area (Å²) in [7, 11) is 0. The number of aliphatic carboxylic acids is 1. The fraction of sp³-hybridized carbons (Fsp3) is 0.600. The second-order valence-electron chi connectivity index (χ2n) is 3.81. The van der Waals surface area contributed by atoms with Crippen LogP contribution in [-0.2, 0) is 17.6 Å². The van der Waals surface area contributed by atoms with Crippen molar-refractivity contribution in [1.29, 1.82) is 0 Å². The predicted molar refractivity (Wildman–Crippen MR) is 54.6 cm³/mol. The third-order valence-electron chi connectivity index (χ3n) is 2.61. The van der Waals surface area contributed by atoms with Crippen molar-refractivity contribution < 1.29 is 9.90 Å². The van der Waals surface area contributed by atoms with Crippen LogP contribution >= 0.6 is 11.3 Å². The number of carboxylic acids is 1. The van der Waals surface area contributed by atoms with Crippen molar-refractivity contribution in [2.75, 3.05) is 0 Å². The van der Waals surface area contributed by atoms with Gasteiger partial charge < -0.3 is 5.11 Å². The third-order valence-corrected chi connectivity index (χ3v) is 3.65. The maximum Gasteiger partial charge on any atom is 0.303 e. The Labute approximate surface area is 86.8 Å². The Bertz CT molecular complexity index is 359. The maximum absolute atomic E-state index is 10.6. The molecule has 2 rings (SSSR count). The highest BCUT2D eigenvalue weighted by Gasteiger charge is 2.23. The van der Waals surface area contributed by atoms with Crippen LogP contribution in [0.5, 0.6) is 0 Å². The van der Waals surface area contributed by atoms with E-state index in [1.54, 1.807) is 11.3 Å². The monoisotopic (exact) mass is 211 g/mol. The van der Waals surface area contributed by atoms with Crippen molar-refractivity contribution >= 4 is 17.3 Å². The van der Waals surface area contributed by atoms with E-state index in [2.05, 4.69) is 4.98 Å². The molecule has 0 bridgehead atoms. The Morgan fingerprint density at radius 3 is 3.21 bits per heavy atom. The zero-order chi connectivity index (χ0) is 10.1. The maximum atomic E-state index is 10.6. The normalized spacial score (nSPS) is 20.5. The fourth-order valence-electron chi connectivity index (χ4n) is 1.99. The molecule has 0 saturated heterocycles. The van der Waals surface area contributed by atoms with Crippen molar-refractivity contribution in [1.82, 2.24) is 4.98 Å². The first kappa shape index (κ1) is 9.65. The van der Waals surface area contributed by atoms with Crippen molar-refractivity contribution in [3.63, 3.8) is 0 Å². The van der Waals surface area contributed by atoms with Crippen LogP contribution < -0.4 is 0 Å². The van der Waals surface area contributed by atoms with Gasteiger partial charge in [-0.05, 0) is 32.1 Å². The van der Waals surface area contributed by atoms with Crippen LogP contribution in [0, 0.1) is 12.8 Å². The van der Waals surface area contributed by atoms with Gasteiger partial charge in [0.05, 0.1) is 10.7 Å². The van der Waals surface area contributed by atoms with E-state index in [1.807, 2.05) is 6.92 Å². The van der Waals surface area contributed by atoms with Crippen molar-refractivity contribution in [3.8, 4) is 0 Å². The van der Waals surface area contributed by atoms with Crippen LogP contribution in [0.15, 0.2) is 0 Å². The summed E-state index contributed by atoms with van der Waals surface area (Å²) >= 11 is 1.72. The molecule has 1 aliphatic rings. The number of rotatable bonds is 2. The summed E-state index contributed by atoms with van der Waals surface area (Å²) in [4.78, 5) is 16.3. The SMILES string of the molecule is Cc1nc2c(s1)CC(CC(=O)O)CC2. The minimum atomic E-state index is -0.681. The minimum absolute atomic E-state index is 0.302. The summed E-state index contributed by atoms with van der Waals surface area (Å²) in [6.45, 7) is 2.01. The number of nitrogens with zero attached hydrogens (tertiary/aromatic N) is 1. The zero-order valence-electron chi connectivity index (χ0n) is 8.12. The van der Waals surface area contributed by atoms with Crippen LogP contribution in [0.4, 0.5) is 0 Å². The number of thiazole rings is 1. The molecule has 0 saturated carbocycles. The molecule has 1 N–H and O–H groups in total. The van der Waals surface area contributed by atoms with E-state index in [9.17, 15) is 4.79 Å². The summed E-state index contributed by atoms with van der Waals surface area (Å²) in [6.07, 6.45) is 3.14. The lowest BCUT2D eigenvalue weighted by molar-refractivity contribution is -0.138. The Kier molecular flexibility index (Phi) is 2.54. The molecule has 0 aromatic carbocycles. The molecule has 1 atom stereocenters. The third kappa shape index (κ3) is 1.95. The molecule has 0 radical (unpaired) electrons. The summed E-state index contributed by atoms with van der Waals surface area (Å²) in [5.41, 5.74) is 1.20. The quantitative estimate of drug-likeness (QED) is 0.814. The van der Waals surface area contributed by atoms with Crippen molar-refractivity contribution in [2.45, 2.75) is 32.6 Å². The molecule has 14 heavy (non-hydrogen) atoms. The number of fused-ring (bicyclic) bond motifs is 1. The zero-order valence-corrected chi connectivity index (χ0v) is 8.93. The van der Waals surface area contributed by atoms with Crippen LogP contribution in [0.2, 0.25) is 0 Å². The van der Waals surface area contributed by atoms with E-state index in [0.717, 1.165) is 24.3 Å². The second-order valence-corrected chi connectivity index (χ2v) is 5.10. The Morgan fingerprint density at radius 2 is 2.50 bits per heavy atom. The Balaban J connectivity index is 2.09. The van der Waals surface area contributed by atoms with Gasteiger partial charge in [0, 0.05) is 11.3 Å². The number of hydrogen-bond donors (Lipinski definition) is 1. The predicted octanol–water partition coefficient (Wildman–Crippen LogP) is 2.03. The molecule has 0 aliphatic heterocycles. The van der Waals surface area contributed by atoms with Crippen LogP contribution in [0.25, 0.3) is 0 Å². The van der Waals surface area contributed by atoms with Crippen LogP contribution in [-0.4, -0.2) is 16.1 Å². The van der Waals surface area contributed by atoms with Gasteiger partial charge in [-0.25, -0.2) is 4.98 Å². The topological polar surface area (TPSA) is 50.2 Å². The number of hydrogen-bond acceptors (Lipinski definition) is 3. The highest BCUT2D eigenvalue weighted by atomic mass is 32.1. The summed E-state index contributed by atoms with van der Waals surface area (Å²) in [5, 5.41) is 9.81. The lowest BCUT2D eigenvalue weighted by Crippen LogP contribution is -2.16. The van der Waals surface area contributed by atoms with Gasteiger partial charge in [-0.1, -0.05) is 0 Å². The molecular formula is C10H13NO2S. The molecule has 1 heterocycles. The highest BCUT2D eigenvalue weighted by molar-refractivity contribution is 7.11. The Hall–Kier alpha value is -0.900. The Morgan fingerprint density at radius 1 is 1.71 bits per heavy atom. The summed E-state index contributed by atoms with van der Waals surface area (Å²) in [5.74, 6) is -0.362. The number of carbonyl (C=O) groups is 1. The fourth-order valence-corrected chi connectivity index (χ4v) is 3.09. The molecule has 3 nitrogen and oxygen atoms in total. The standard InChI is InChI=1S/C10H13NO2S/c1-6-11-8-3-2-7(5-10(12)13)4-9(8)14-6/h7H,2-5H2,1H3,(H,12,13). The molecule has 4 heteroatoms. The highest BCUT2D eigenvalue weighted by Crippen LogP contribution is 2.31. The van der Waals surface area contributed by atoms with E-state index >= 15 is 0 Å². The first-order valence-corrected chi connectivity index (χ1v) is 5.64. The second kappa shape index (κ2) is 3.69. The van der Waals surface area contributed by atoms with Gasteiger partial charge >= 0.3 is 5.97 Å². The molecule has 76 valence electrons. The van der Waals surface area contributed by atoms with Gasteiger partial charge in [-0.2, -0.15) is 0 Å². The molecule has 1 aromatic rings. The van der Waals surface area contributed by atoms with E-state index in [-0.39, 0.29) is 0 Å². The van der Waals surface area contributed by atoms with Gasteiger partial charge in [0.15, 0.2) is 0 Å². The van der Waals surface area contributed by atoms with Gasteiger partial charge in [0.1, 0.15) is 0 Å². The molecule has 1 aromatic heterocycles. The number of aryl methyl sites for hydroxylation is 2. The first-order valence-electron chi connectivity index (χ1n) is 4.82. The van der Waals surface area contributed by atoms with Gasteiger partial charge in [-0.3, -0.25) is 4.79 Å². The largest absolute Gasteiger partial charge is 0.481 e. The van der Waals surface area contributed by atoms with Crippen LogP contribution in [0.3, 0.4) is 0 Å². The molecule has 0 amide bonds. The van der Waals surface area contributed by atoms with E-state index in [1.165, 1.54) is 10.6 Å². The molecule has 0 spiro atoms. The van der Waals surface area contributed by atoms with Gasteiger partial charge in [-0.15, -0.1) is 11.3 Å². The van der Waals surface area contributed by atoms with Gasteiger partial charge in [0.25, 0.3) is 0 Å². The molecule has 1 unspecified atom stereocenters. The van der Waals surface area contributed by atoms with Crippen molar-refractivity contribution in [2.24, 2.45) is 5.92 Å². The number of carboxylic acid groups (broad SMARTS) is 1. The number of aromatic nitrogens is 1. The smallest absolute Gasteiger partial charge is 0.303 e. The van der Waals surface area contributed by atoms with Crippen LogP contribution in [0.1, 0.15) is 28.4 Å². The minimum Gasteiger partial charge on any atom is -0.481 e. The summed E-state index contributed by atoms with van der Waals surface area (Å²) in [6, 6.07) is 0. The lowest BCUT2D eigenvalue weighted by Gasteiger charge is -2.18.